The van der Waals surface area contributed by atoms with Crippen LogP contribution in [0.2, 0.25) is 0 Å². The Kier molecular flexibility index (Phi) is 3.77. The van der Waals surface area contributed by atoms with Crippen molar-refractivity contribution in [2.75, 3.05) is 11.9 Å². The molecule has 2 aromatic rings. The smallest absolute Gasteiger partial charge is 0.250 e. The molecule has 0 radical (unpaired) electrons. The summed E-state index contributed by atoms with van der Waals surface area (Å²) in [5.41, 5.74) is 1.80. The summed E-state index contributed by atoms with van der Waals surface area (Å²) in [5, 5.41) is 3.14. The summed E-state index contributed by atoms with van der Waals surface area (Å²) in [6.45, 7) is 3.09. The van der Waals surface area contributed by atoms with Crippen LogP contribution in [-0.4, -0.2) is 11.1 Å². The normalized spacial score (nSPS) is 10.3. The Hall–Kier alpha value is -2.10. The summed E-state index contributed by atoms with van der Waals surface area (Å²) in [4.78, 5) is 11.6. The molecule has 1 aromatic heterocycles. The molecule has 4 heteroatoms. The summed E-state index contributed by atoms with van der Waals surface area (Å²) >= 11 is 0. The second kappa shape index (κ2) is 5.49. The van der Waals surface area contributed by atoms with Crippen LogP contribution >= 0.6 is 0 Å². The Bertz CT molecular complexity index is 575. The molecule has 0 spiro atoms. The van der Waals surface area contributed by atoms with Gasteiger partial charge in [-0.1, -0.05) is 0 Å². The number of hydrogen-bond donors (Lipinski definition) is 1. The van der Waals surface area contributed by atoms with Crippen LogP contribution in [0.25, 0.3) is 0 Å². The number of benzene rings is 1. The Labute approximate surface area is 105 Å². The Morgan fingerprint density at radius 1 is 1.22 bits per heavy atom. The zero-order valence-electron chi connectivity index (χ0n) is 10.2. The first-order valence-corrected chi connectivity index (χ1v) is 5.82. The molecule has 0 saturated heterocycles. The van der Waals surface area contributed by atoms with E-state index in [2.05, 4.69) is 5.32 Å². The molecule has 0 saturated carbocycles. The number of aromatic nitrogens is 1. The lowest BCUT2D eigenvalue weighted by atomic mass is 10.3. The third-order valence-corrected chi connectivity index (χ3v) is 2.68. The van der Waals surface area contributed by atoms with E-state index in [4.69, 9.17) is 0 Å². The predicted octanol–water partition coefficient (Wildman–Crippen LogP) is 2.41. The number of anilines is 1. The maximum absolute atomic E-state index is 12.7. The average Bonchev–Trinajstić information content (AvgIpc) is 2.34. The molecule has 0 bridgehead atoms. The van der Waals surface area contributed by atoms with E-state index in [0.717, 1.165) is 11.3 Å². The van der Waals surface area contributed by atoms with Crippen molar-refractivity contribution < 1.29 is 4.39 Å². The summed E-state index contributed by atoms with van der Waals surface area (Å²) in [5.74, 6) is -0.254. The van der Waals surface area contributed by atoms with Crippen LogP contribution in [0, 0.1) is 12.7 Å². The summed E-state index contributed by atoms with van der Waals surface area (Å²) in [7, 11) is 0. The van der Waals surface area contributed by atoms with Crippen molar-refractivity contribution in [3.8, 4) is 0 Å². The highest BCUT2D eigenvalue weighted by Crippen LogP contribution is 2.07. The molecular weight excluding hydrogens is 231 g/mol. The van der Waals surface area contributed by atoms with Crippen molar-refractivity contribution in [3.05, 3.63) is 64.3 Å². The van der Waals surface area contributed by atoms with Crippen LogP contribution in [-0.2, 0) is 6.54 Å². The van der Waals surface area contributed by atoms with Crippen LogP contribution in [0.4, 0.5) is 10.1 Å². The third-order valence-electron chi connectivity index (χ3n) is 2.68. The number of nitrogens with one attached hydrogen (secondary N) is 1. The monoisotopic (exact) mass is 246 g/mol. The number of hydrogen-bond acceptors (Lipinski definition) is 2. The van der Waals surface area contributed by atoms with Crippen molar-refractivity contribution in [2.24, 2.45) is 0 Å². The van der Waals surface area contributed by atoms with Crippen LogP contribution < -0.4 is 10.9 Å². The van der Waals surface area contributed by atoms with Gasteiger partial charge in [-0.3, -0.25) is 4.79 Å². The second-order valence-corrected chi connectivity index (χ2v) is 4.17. The largest absolute Gasteiger partial charge is 0.383 e. The van der Waals surface area contributed by atoms with Gasteiger partial charge in [0.15, 0.2) is 0 Å². The van der Waals surface area contributed by atoms with Crippen LogP contribution in [0.15, 0.2) is 47.4 Å². The SMILES string of the molecule is Cc1ccn(CCNc2ccc(F)cc2)c(=O)c1. The van der Waals surface area contributed by atoms with Gasteiger partial charge in [0.2, 0.25) is 0 Å². The predicted molar refractivity (Wildman–Crippen MR) is 70.3 cm³/mol. The minimum absolute atomic E-state index is 0.00379. The van der Waals surface area contributed by atoms with E-state index in [1.54, 1.807) is 29.0 Å². The van der Waals surface area contributed by atoms with Crippen LogP contribution in [0.1, 0.15) is 5.56 Å². The molecule has 1 heterocycles. The fraction of sp³-hybridized carbons (Fsp3) is 0.214. The highest BCUT2D eigenvalue weighted by atomic mass is 19.1. The van der Waals surface area contributed by atoms with Crippen LogP contribution in [0.3, 0.4) is 0 Å². The Balaban J connectivity index is 1.92. The molecule has 0 atom stereocenters. The molecule has 18 heavy (non-hydrogen) atoms. The van der Waals surface area contributed by atoms with E-state index < -0.39 is 0 Å². The van der Waals surface area contributed by atoms with E-state index in [-0.39, 0.29) is 11.4 Å². The lowest BCUT2D eigenvalue weighted by Gasteiger charge is -2.08. The zero-order valence-corrected chi connectivity index (χ0v) is 10.2. The van der Waals surface area contributed by atoms with Gasteiger partial charge in [0, 0.05) is 31.0 Å². The molecule has 1 N–H and O–H groups in total. The van der Waals surface area contributed by atoms with Gasteiger partial charge in [0.05, 0.1) is 0 Å². The molecule has 2 rings (SSSR count). The zero-order chi connectivity index (χ0) is 13.0. The number of nitrogens with zero attached hydrogens (tertiary/aromatic N) is 1. The fourth-order valence-electron chi connectivity index (χ4n) is 1.68. The topological polar surface area (TPSA) is 34.0 Å². The number of pyridine rings is 1. The van der Waals surface area contributed by atoms with E-state index in [1.165, 1.54) is 12.1 Å². The van der Waals surface area contributed by atoms with Gasteiger partial charge in [-0.15, -0.1) is 0 Å². The van der Waals surface area contributed by atoms with Gasteiger partial charge >= 0.3 is 0 Å². The van der Waals surface area contributed by atoms with Gasteiger partial charge in [-0.25, -0.2) is 4.39 Å². The van der Waals surface area contributed by atoms with Gasteiger partial charge in [-0.2, -0.15) is 0 Å². The van der Waals surface area contributed by atoms with Crippen molar-refractivity contribution in [1.29, 1.82) is 0 Å². The number of aryl methyl sites for hydroxylation is 1. The fourth-order valence-corrected chi connectivity index (χ4v) is 1.68. The lowest BCUT2D eigenvalue weighted by Crippen LogP contribution is -2.22. The van der Waals surface area contributed by atoms with Gasteiger partial charge < -0.3 is 9.88 Å². The van der Waals surface area contributed by atoms with E-state index in [0.29, 0.717) is 13.1 Å². The standard InChI is InChI=1S/C14H15FN2O/c1-11-6-8-17(14(18)10-11)9-7-16-13-4-2-12(15)3-5-13/h2-6,8,10,16H,7,9H2,1H3. The average molecular weight is 246 g/mol. The van der Waals surface area contributed by atoms with Crippen LogP contribution in [0.5, 0.6) is 0 Å². The molecule has 0 amide bonds. The molecule has 1 aromatic carbocycles. The summed E-state index contributed by atoms with van der Waals surface area (Å²) < 4.78 is 14.3. The molecule has 3 nitrogen and oxygen atoms in total. The first-order valence-electron chi connectivity index (χ1n) is 5.82. The molecule has 94 valence electrons. The minimum Gasteiger partial charge on any atom is -0.383 e. The first kappa shape index (κ1) is 12.4. The van der Waals surface area contributed by atoms with Crippen molar-refractivity contribution in [3.63, 3.8) is 0 Å². The number of rotatable bonds is 4. The molecule has 0 fully saturated rings. The molecule has 0 unspecified atom stereocenters. The van der Waals surface area contributed by atoms with Gasteiger partial charge in [-0.05, 0) is 42.8 Å². The van der Waals surface area contributed by atoms with Crippen molar-refractivity contribution >= 4 is 5.69 Å². The lowest BCUT2D eigenvalue weighted by molar-refractivity contribution is 0.628. The minimum atomic E-state index is -0.254. The molecular formula is C14H15FN2O. The molecule has 0 aliphatic heterocycles. The molecule has 0 aliphatic carbocycles. The third kappa shape index (κ3) is 3.20. The summed E-state index contributed by atoms with van der Waals surface area (Å²) in [6, 6.07) is 9.67. The van der Waals surface area contributed by atoms with Crippen molar-refractivity contribution in [1.82, 2.24) is 4.57 Å². The maximum atomic E-state index is 12.7. The Morgan fingerprint density at radius 3 is 2.61 bits per heavy atom. The second-order valence-electron chi connectivity index (χ2n) is 4.17. The van der Waals surface area contributed by atoms with E-state index in [9.17, 15) is 9.18 Å². The highest BCUT2D eigenvalue weighted by molar-refractivity contribution is 5.42. The highest BCUT2D eigenvalue weighted by Gasteiger charge is 1.96. The molecule has 0 aliphatic rings. The van der Waals surface area contributed by atoms with Crippen molar-refractivity contribution in [2.45, 2.75) is 13.5 Å². The van der Waals surface area contributed by atoms with E-state index >= 15 is 0 Å². The quantitative estimate of drug-likeness (QED) is 0.898. The maximum Gasteiger partial charge on any atom is 0.250 e. The number of halogens is 1. The van der Waals surface area contributed by atoms with E-state index in [1.807, 2.05) is 13.0 Å². The first-order chi connectivity index (χ1) is 8.65. The van der Waals surface area contributed by atoms with Gasteiger partial charge in [0.25, 0.3) is 5.56 Å². The summed E-state index contributed by atoms with van der Waals surface area (Å²) in [6.07, 6.45) is 1.78. The van der Waals surface area contributed by atoms with Gasteiger partial charge in [0.1, 0.15) is 5.82 Å². The Morgan fingerprint density at radius 2 is 1.94 bits per heavy atom.